The normalized spacial score (nSPS) is 12.1. The number of ether oxygens (including phenoxy) is 1. The van der Waals surface area contributed by atoms with Crippen LogP contribution in [0.5, 0.6) is 0 Å². The second-order valence-electron chi connectivity index (χ2n) is 13.1. The van der Waals surface area contributed by atoms with Crippen LogP contribution in [0.15, 0.2) is 12.2 Å². The molecule has 5 nitrogen and oxygen atoms in total. The monoisotopic (exact) mass is 620 g/mol. The Kier molecular flexibility index (Phi) is 32.9. The molecular formula is C39H73NO4. The van der Waals surface area contributed by atoms with Gasteiger partial charge in [0.15, 0.2) is 0 Å². The topological polar surface area (TPSA) is 72.5 Å². The average Bonchev–Trinajstić information content (AvgIpc) is 3.00. The summed E-state index contributed by atoms with van der Waals surface area (Å²) >= 11 is 0. The fraction of sp³-hybridized carbons (Fsp3) is 0.872. The molecule has 0 aromatic rings. The SMILES string of the molecule is CCCCCCCC/C=C\CCCCCC(CC(=O)NCCCOC(=O)CCCCCCCCCCCCCCC)C(C)=O. The fourth-order valence-corrected chi connectivity index (χ4v) is 5.70. The quantitative estimate of drug-likeness (QED) is 0.0442. The number of ketones is 1. The number of carbonyl (C=O) groups excluding carboxylic acids is 3. The first-order valence-corrected chi connectivity index (χ1v) is 19.1. The molecule has 0 spiro atoms. The van der Waals surface area contributed by atoms with Crippen LogP contribution in [0.25, 0.3) is 0 Å². The molecule has 0 aliphatic rings. The molecule has 1 amide bonds. The Morgan fingerprint density at radius 1 is 0.591 bits per heavy atom. The van der Waals surface area contributed by atoms with Gasteiger partial charge in [0.2, 0.25) is 5.91 Å². The number of rotatable bonds is 34. The minimum absolute atomic E-state index is 0.0823. The van der Waals surface area contributed by atoms with Crippen LogP contribution >= 0.6 is 0 Å². The lowest BCUT2D eigenvalue weighted by molar-refractivity contribution is -0.143. The van der Waals surface area contributed by atoms with E-state index in [9.17, 15) is 14.4 Å². The third kappa shape index (κ3) is 31.8. The molecule has 1 atom stereocenters. The number of amides is 1. The number of unbranched alkanes of at least 4 members (excludes halogenated alkanes) is 21. The number of carbonyl (C=O) groups is 3. The van der Waals surface area contributed by atoms with Crippen molar-refractivity contribution < 1.29 is 19.1 Å². The summed E-state index contributed by atoms with van der Waals surface area (Å²) in [6.07, 6.45) is 37.1. The Bertz CT molecular complexity index is 690. The Morgan fingerprint density at radius 2 is 1.05 bits per heavy atom. The summed E-state index contributed by atoms with van der Waals surface area (Å²) in [5, 5.41) is 2.89. The molecule has 0 rings (SSSR count). The van der Waals surface area contributed by atoms with Crippen molar-refractivity contribution in [3.05, 3.63) is 12.2 Å². The summed E-state index contributed by atoms with van der Waals surface area (Å²) in [6.45, 7) is 6.92. The molecule has 0 aromatic carbocycles. The predicted octanol–water partition coefficient (Wildman–Crippen LogP) is 11.4. The molecule has 5 heteroatoms. The molecule has 0 aromatic heterocycles. The number of esters is 1. The zero-order valence-electron chi connectivity index (χ0n) is 29.6. The van der Waals surface area contributed by atoms with Gasteiger partial charge in [-0.3, -0.25) is 14.4 Å². The van der Waals surface area contributed by atoms with Gasteiger partial charge in [-0.25, -0.2) is 0 Å². The summed E-state index contributed by atoms with van der Waals surface area (Å²) in [7, 11) is 0. The molecule has 0 radical (unpaired) electrons. The summed E-state index contributed by atoms with van der Waals surface area (Å²) in [5.74, 6) is -0.317. The van der Waals surface area contributed by atoms with Crippen molar-refractivity contribution in [2.75, 3.05) is 13.2 Å². The van der Waals surface area contributed by atoms with E-state index in [-0.39, 0.29) is 30.0 Å². The van der Waals surface area contributed by atoms with Crippen molar-refractivity contribution in [3.63, 3.8) is 0 Å². The smallest absolute Gasteiger partial charge is 0.305 e. The minimum atomic E-state index is -0.198. The lowest BCUT2D eigenvalue weighted by Gasteiger charge is -2.13. The van der Waals surface area contributed by atoms with Gasteiger partial charge in [-0.15, -0.1) is 0 Å². The molecular weight excluding hydrogens is 546 g/mol. The van der Waals surface area contributed by atoms with Crippen LogP contribution in [0.4, 0.5) is 0 Å². The molecule has 0 aliphatic heterocycles. The summed E-state index contributed by atoms with van der Waals surface area (Å²) in [5.41, 5.74) is 0. The fourth-order valence-electron chi connectivity index (χ4n) is 5.70. The van der Waals surface area contributed by atoms with Crippen molar-refractivity contribution in [1.82, 2.24) is 5.32 Å². The predicted molar refractivity (Wildman–Crippen MR) is 188 cm³/mol. The third-order valence-corrected chi connectivity index (χ3v) is 8.71. The summed E-state index contributed by atoms with van der Waals surface area (Å²) < 4.78 is 5.33. The standard InChI is InChI=1S/C39H73NO4/c1-4-6-8-10-12-14-16-18-20-22-24-26-28-31-37(36(3)41)35-38(42)40-33-30-34-44-39(43)32-29-27-25-23-21-19-17-15-13-11-9-7-5-2/h18,20,37H,4-17,19,21-35H2,1-3H3,(H,40,42)/b20-18-. The number of hydrogen-bond donors (Lipinski definition) is 1. The number of nitrogens with one attached hydrogen (secondary N) is 1. The van der Waals surface area contributed by atoms with Crippen LogP contribution in [-0.4, -0.2) is 30.8 Å². The molecule has 0 fully saturated rings. The van der Waals surface area contributed by atoms with E-state index in [2.05, 4.69) is 31.3 Å². The van der Waals surface area contributed by atoms with Crippen molar-refractivity contribution >= 4 is 17.7 Å². The summed E-state index contributed by atoms with van der Waals surface area (Å²) in [6, 6.07) is 0. The van der Waals surface area contributed by atoms with E-state index < -0.39 is 0 Å². The largest absolute Gasteiger partial charge is 0.466 e. The molecule has 1 unspecified atom stereocenters. The number of hydrogen-bond acceptors (Lipinski definition) is 4. The first-order valence-electron chi connectivity index (χ1n) is 19.1. The van der Waals surface area contributed by atoms with Gasteiger partial charge in [0.1, 0.15) is 5.78 Å². The van der Waals surface area contributed by atoms with Gasteiger partial charge in [0.25, 0.3) is 0 Å². The van der Waals surface area contributed by atoms with E-state index in [1.807, 2.05) is 0 Å². The maximum Gasteiger partial charge on any atom is 0.305 e. The lowest BCUT2D eigenvalue weighted by Crippen LogP contribution is -2.29. The van der Waals surface area contributed by atoms with Crippen molar-refractivity contribution in [2.24, 2.45) is 5.92 Å². The average molecular weight is 620 g/mol. The first-order chi connectivity index (χ1) is 21.5. The Hall–Kier alpha value is -1.65. The molecule has 0 saturated carbocycles. The van der Waals surface area contributed by atoms with E-state index in [0.717, 1.165) is 44.9 Å². The van der Waals surface area contributed by atoms with Gasteiger partial charge < -0.3 is 10.1 Å². The minimum Gasteiger partial charge on any atom is -0.466 e. The van der Waals surface area contributed by atoms with Crippen molar-refractivity contribution in [1.29, 1.82) is 0 Å². The Balaban J connectivity index is 3.64. The van der Waals surface area contributed by atoms with Gasteiger partial charge in [0.05, 0.1) is 6.61 Å². The third-order valence-electron chi connectivity index (χ3n) is 8.71. The summed E-state index contributed by atoms with van der Waals surface area (Å²) in [4.78, 5) is 36.4. The zero-order valence-corrected chi connectivity index (χ0v) is 29.6. The molecule has 0 aliphatic carbocycles. The van der Waals surface area contributed by atoms with Crippen molar-refractivity contribution in [2.45, 2.75) is 201 Å². The van der Waals surface area contributed by atoms with Gasteiger partial charge in [-0.1, -0.05) is 148 Å². The van der Waals surface area contributed by atoms with Gasteiger partial charge in [0, 0.05) is 25.3 Å². The maximum absolute atomic E-state index is 12.4. The van der Waals surface area contributed by atoms with Gasteiger partial charge in [-0.05, 0) is 51.9 Å². The van der Waals surface area contributed by atoms with Crippen LogP contribution in [-0.2, 0) is 19.1 Å². The van der Waals surface area contributed by atoms with Crippen LogP contribution in [0.3, 0.4) is 0 Å². The lowest BCUT2D eigenvalue weighted by atomic mass is 9.93. The highest BCUT2D eigenvalue weighted by atomic mass is 16.5. The highest BCUT2D eigenvalue weighted by molar-refractivity contribution is 5.85. The molecule has 258 valence electrons. The highest BCUT2D eigenvalue weighted by Crippen LogP contribution is 2.17. The van der Waals surface area contributed by atoms with Crippen LogP contribution in [0.1, 0.15) is 201 Å². The van der Waals surface area contributed by atoms with Crippen LogP contribution < -0.4 is 5.32 Å². The first kappa shape index (κ1) is 42.3. The van der Waals surface area contributed by atoms with Gasteiger partial charge in [-0.2, -0.15) is 0 Å². The number of Topliss-reactive ketones (excluding diaryl/α,β-unsaturated/α-hetero) is 1. The van der Waals surface area contributed by atoms with E-state index >= 15 is 0 Å². The van der Waals surface area contributed by atoms with E-state index in [1.54, 1.807) is 6.92 Å². The van der Waals surface area contributed by atoms with Gasteiger partial charge >= 0.3 is 5.97 Å². The second kappa shape index (κ2) is 34.2. The van der Waals surface area contributed by atoms with E-state index in [4.69, 9.17) is 4.74 Å². The second-order valence-corrected chi connectivity index (χ2v) is 13.1. The van der Waals surface area contributed by atoms with E-state index in [0.29, 0.717) is 26.0 Å². The number of allylic oxidation sites excluding steroid dienone is 2. The maximum atomic E-state index is 12.4. The molecule has 0 heterocycles. The Labute approximate surface area is 273 Å². The van der Waals surface area contributed by atoms with Crippen molar-refractivity contribution in [3.8, 4) is 0 Å². The zero-order chi connectivity index (χ0) is 32.4. The van der Waals surface area contributed by atoms with Crippen LogP contribution in [0, 0.1) is 5.92 Å². The molecule has 1 N–H and O–H groups in total. The molecule has 0 saturated heterocycles. The molecule has 0 bridgehead atoms. The van der Waals surface area contributed by atoms with Crippen LogP contribution in [0.2, 0.25) is 0 Å². The van der Waals surface area contributed by atoms with E-state index in [1.165, 1.54) is 116 Å². The Morgan fingerprint density at radius 3 is 1.55 bits per heavy atom. The molecule has 44 heavy (non-hydrogen) atoms. The highest BCUT2D eigenvalue weighted by Gasteiger charge is 2.18.